The first-order chi connectivity index (χ1) is 7.90. The Morgan fingerprint density at radius 1 is 1.24 bits per heavy atom. The predicted molar refractivity (Wildman–Crippen MR) is 73.7 cm³/mol. The molecule has 0 bridgehead atoms. The third kappa shape index (κ3) is 2.43. The summed E-state index contributed by atoms with van der Waals surface area (Å²) in [6.45, 7) is 3.51. The van der Waals surface area contributed by atoms with Gasteiger partial charge in [-0.25, -0.2) is 0 Å². The topological polar surface area (TPSA) is 49.4 Å². The fourth-order valence-corrected chi connectivity index (χ4v) is 2.18. The molecule has 0 spiro atoms. The fraction of sp³-hybridized carbons (Fsp3) is 0.333. The summed E-state index contributed by atoms with van der Waals surface area (Å²) in [5.74, 6) is -0.216. The number of carbonyl (C=O) groups is 2. The summed E-state index contributed by atoms with van der Waals surface area (Å²) in [4.78, 5) is 25.3. The van der Waals surface area contributed by atoms with Crippen LogP contribution in [0.5, 0.6) is 0 Å². The number of anilines is 1. The van der Waals surface area contributed by atoms with Crippen molar-refractivity contribution < 1.29 is 9.59 Å². The predicted octanol–water partition coefficient (Wildman–Crippen LogP) is 1.53. The monoisotopic (exact) mass is 344 g/mol. The molecule has 1 N–H and O–H groups in total. The first kappa shape index (κ1) is 12.3. The number of hydrogen-bond acceptors (Lipinski definition) is 2. The van der Waals surface area contributed by atoms with Crippen molar-refractivity contribution in [2.75, 3.05) is 11.4 Å². The molecule has 4 nitrogen and oxygen atoms in total. The molecule has 1 fully saturated rings. The number of nitrogens with one attached hydrogen (secondary N) is 1. The SMILES string of the molecule is CC1(C)NC(=O)CN(c2ccc(I)cc2)C1=O. The molecule has 0 aliphatic carbocycles. The van der Waals surface area contributed by atoms with E-state index in [2.05, 4.69) is 27.9 Å². The summed E-state index contributed by atoms with van der Waals surface area (Å²) < 4.78 is 1.10. The Kier molecular flexibility index (Phi) is 3.11. The van der Waals surface area contributed by atoms with Gasteiger partial charge in [-0.15, -0.1) is 0 Å². The van der Waals surface area contributed by atoms with Crippen molar-refractivity contribution in [3.63, 3.8) is 0 Å². The van der Waals surface area contributed by atoms with E-state index in [1.54, 1.807) is 13.8 Å². The summed E-state index contributed by atoms with van der Waals surface area (Å²) >= 11 is 2.20. The number of nitrogens with zero attached hydrogens (tertiary/aromatic N) is 1. The Morgan fingerprint density at radius 3 is 2.41 bits per heavy atom. The maximum Gasteiger partial charge on any atom is 0.252 e. The van der Waals surface area contributed by atoms with E-state index in [9.17, 15) is 9.59 Å². The van der Waals surface area contributed by atoms with E-state index in [0.717, 1.165) is 9.26 Å². The van der Waals surface area contributed by atoms with Gasteiger partial charge >= 0.3 is 0 Å². The van der Waals surface area contributed by atoms with Crippen LogP contribution in [0.1, 0.15) is 13.8 Å². The van der Waals surface area contributed by atoms with Gasteiger partial charge in [0.15, 0.2) is 0 Å². The molecule has 1 aliphatic rings. The molecule has 5 heteroatoms. The van der Waals surface area contributed by atoms with Crippen molar-refractivity contribution in [2.45, 2.75) is 19.4 Å². The average molecular weight is 344 g/mol. The number of halogens is 1. The van der Waals surface area contributed by atoms with Gasteiger partial charge in [0, 0.05) is 9.26 Å². The molecule has 1 heterocycles. The largest absolute Gasteiger partial charge is 0.341 e. The van der Waals surface area contributed by atoms with Crippen molar-refractivity contribution in [2.24, 2.45) is 0 Å². The summed E-state index contributed by atoms with van der Waals surface area (Å²) in [5, 5.41) is 2.68. The summed E-state index contributed by atoms with van der Waals surface area (Å²) in [6, 6.07) is 7.55. The molecule has 0 atom stereocenters. The van der Waals surface area contributed by atoms with Crippen LogP contribution in [0.25, 0.3) is 0 Å². The van der Waals surface area contributed by atoms with E-state index in [1.807, 2.05) is 24.3 Å². The van der Waals surface area contributed by atoms with Crippen LogP contribution in [-0.4, -0.2) is 23.9 Å². The zero-order chi connectivity index (χ0) is 12.6. The minimum atomic E-state index is -0.835. The van der Waals surface area contributed by atoms with Crippen molar-refractivity contribution in [1.29, 1.82) is 0 Å². The molecule has 17 heavy (non-hydrogen) atoms. The Morgan fingerprint density at radius 2 is 1.82 bits per heavy atom. The fourth-order valence-electron chi connectivity index (χ4n) is 1.82. The molecule has 2 rings (SSSR count). The standard InChI is InChI=1S/C12H13IN2O2/c1-12(2)11(17)15(7-10(16)14-12)9-5-3-8(13)4-6-9/h3-6H,7H2,1-2H3,(H,14,16). The van der Waals surface area contributed by atoms with E-state index < -0.39 is 5.54 Å². The number of carbonyl (C=O) groups excluding carboxylic acids is 2. The van der Waals surface area contributed by atoms with Gasteiger partial charge in [-0.05, 0) is 60.7 Å². The van der Waals surface area contributed by atoms with E-state index in [0.29, 0.717) is 0 Å². The Balaban J connectivity index is 2.34. The average Bonchev–Trinajstić information content (AvgIpc) is 2.24. The number of hydrogen-bond donors (Lipinski definition) is 1. The second kappa shape index (κ2) is 4.29. The van der Waals surface area contributed by atoms with Gasteiger partial charge in [0.25, 0.3) is 5.91 Å². The molecule has 2 amide bonds. The van der Waals surface area contributed by atoms with Crippen LogP contribution in [-0.2, 0) is 9.59 Å². The Hall–Kier alpha value is -1.11. The van der Waals surface area contributed by atoms with Gasteiger partial charge in [-0.3, -0.25) is 9.59 Å². The first-order valence-corrected chi connectivity index (χ1v) is 6.36. The van der Waals surface area contributed by atoms with Crippen LogP contribution < -0.4 is 10.2 Å². The number of amides is 2. The van der Waals surface area contributed by atoms with Crippen LogP contribution in [0.2, 0.25) is 0 Å². The molecule has 1 saturated heterocycles. The lowest BCUT2D eigenvalue weighted by Crippen LogP contribution is -2.64. The lowest BCUT2D eigenvalue weighted by atomic mass is 10.00. The van der Waals surface area contributed by atoms with Crippen molar-refractivity contribution in [3.8, 4) is 0 Å². The van der Waals surface area contributed by atoms with Gasteiger partial charge in [0.1, 0.15) is 12.1 Å². The Labute approximate surface area is 114 Å². The highest BCUT2D eigenvalue weighted by molar-refractivity contribution is 14.1. The van der Waals surface area contributed by atoms with Gasteiger partial charge in [0.2, 0.25) is 5.91 Å². The van der Waals surface area contributed by atoms with Gasteiger partial charge in [-0.2, -0.15) is 0 Å². The molecule has 90 valence electrons. The smallest absolute Gasteiger partial charge is 0.252 e. The van der Waals surface area contributed by atoms with Gasteiger partial charge in [0.05, 0.1) is 0 Å². The van der Waals surface area contributed by atoms with Gasteiger partial charge < -0.3 is 10.2 Å². The number of rotatable bonds is 1. The zero-order valence-corrected chi connectivity index (χ0v) is 11.8. The minimum absolute atomic E-state index is 0.0849. The number of benzene rings is 1. The molecule has 0 aromatic heterocycles. The van der Waals surface area contributed by atoms with Crippen molar-refractivity contribution >= 4 is 40.1 Å². The highest BCUT2D eigenvalue weighted by Crippen LogP contribution is 2.22. The first-order valence-electron chi connectivity index (χ1n) is 5.29. The maximum atomic E-state index is 12.2. The molecular weight excluding hydrogens is 331 g/mol. The normalized spacial score (nSPS) is 19.1. The van der Waals surface area contributed by atoms with Crippen LogP contribution in [0, 0.1) is 3.57 Å². The summed E-state index contributed by atoms with van der Waals surface area (Å²) in [5.41, 5.74) is -0.0726. The second-order valence-corrected chi connectivity index (χ2v) is 5.79. The molecule has 0 unspecified atom stereocenters. The molecular formula is C12H13IN2O2. The molecule has 0 saturated carbocycles. The molecule has 0 radical (unpaired) electrons. The maximum absolute atomic E-state index is 12.2. The zero-order valence-electron chi connectivity index (χ0n) is 9.66. The third-order valence-corrected chi connectivity index (χ3v) is 3.39. The number of piperazine rings is 1. The van der Waals surface area contributed by atoms with E-state index in [4.69, 9.17) is 0 Å². The Bertz CT molecular complexity index is 468. The van der Waals surface area contributed by atoms with E-state index in [-0.39, 0.29) is 18.4 Å². The van der Waals surface area contributed by atoms with Crippen LogP contribution in [0.4, 0.5) is 5.69 Å². The molecule has 1 aromatic carbocycles. The molecule has 1 aliphatic heterocycles. The lowest BCUT2D eigenvalue weighted by molar-refractivity contribution is -0.134. The van der Waals surface area contributed by atoms with Crippen molar-refractivity contribution in [1.82, 2.24) is 5.32 Å². The lowest BCUT2D eigenvalue weighted by Gasteiger charge is -2.37. The van der Waals surface area contributed by atoms with Crippen LogP contribution >= 0.6 is 22.6 Å². The molecule has 1 aromatic rings. The summed E-state index contributed by atoms with van der Waals surface area (Å²) in [6.07, 6.45) is 0. The van der Waals surface area contributed by atoms with Crippen LogP contribution in [0.15, 0.2) is 24.3 Å². The highest BCUT2D eigenvalue weighted by atomic mass is 127. The quantitative estimate of drug-likeness (QED) is 0.786. The summed E-state index contributed by atoms with van der Waals surface area (Å²) in [7, 11) is 0. The minimum Gasteiger partial charge on any atom is -0.341 e. The van der Waals surface area contributed by atoms with Gasteiger partial charge in [-0.1, -0.05) is 0 Å². The van der Waals surface area contributed by atoms with Crippen molar-refractivity contribution in [3.05, 3.63) is 27.8 Å². The highest BCUT2D eigenvalue weighted by Gasteiger charge is 2.39. The van der Waals surface area contributed by atoms with Crippen LogP contribution in [0.3, 0.4) is 0 Å². The second-order valence-electron chi connectivity index (χ2n) is 4.54. The van der Waals surface area contributed by atoms with E-state index in [1.165, 1.54) is 4.90 Å². The van der Waals surface area contributed by atoms with E-state index >= 15 is 0 Å². The third-order valence-electron chi connectivity index (χ3n) is 2.67.